The molecule has 0 saturated heterocycles. The summed E-state index contributed by atoms with van der Waals surface area (Å²) in [6, 6.07) is 1.58. The van der Waals surface area contributed by atoms with Crippen molar-refractivity contribution in [2.75, 3.05) is 6.54 Å². The highest BCUT2D eigenvalue weighted by Crippen LogP contribution is 2.09. The van der Waals surface area contributed by atoms with E-state index in [9.17, 15) is 4.79 Å². The molecule has 114 valence electrons. The van der Waals surface area contributed by atoms with Crippen LogP contribution in [0.15, 0.2) is 18.5 Å². The predicted molar refractivity (Wildman–Crippen MR) is 78.7 cm³/mol. The van der Waals surface area contributed by atoms with E-state index in [1.165, 1.54) is 0 Å². The normalized spacial score (nSPS) is 12.3. The first-order valence-electron chi connectivity index (χ1n) is 7.26. The number of hydrogen-bond donors (Lipinski definition) is 1. The average Bonchev–Trinajstić information content (AvgIpc) is 3.06. The maximum Gasteiger partial charge on any atom is 0.244 e. The van der Waals surface area contributed by atoms with Crippen molar-refractivity contribution in [1.29, 1.82) is 0 Å². The van der Waals surface area contributed by atoms with E-state index in [2.05, 4.69) is 20.5 Å². The Bertz CT molecular complexity index is 574. The van der Waals surface area contributed by atoms with Crippen molar-refractivity contribution in [3.63, 3.8) is 0 Å². The van der Waals surface area contributed by atoms with Crippen LogP contribution in [0.1, 0.15) is 37.5 Å². The number of rotatable bonds is 7. The van der Waals surface area contributed by atoms with Crippen molar-refractivity contribution in [3.8, 4) is 0 Å². The first-order chi connectivity index (χ1) is 10.1. The monoisotopic (exact) mass is 290 g/mol. The van der Waals surface area contributed by atoms with Crippen molar-refractivity contribution in [2.45, 2.75) is 46.2 Å². The molecule has 0 bridgehead atoms. The summed E-state index contributed by atoms with van der Waals surface area (Å²) in [5.41, 5.74) is 0. The van der Waals surface area contributed by atoms with Gasteiger partial charge in [0.2, 0.25) is 5.91 Å². The third-order valence-corrected chi connectivity index (χ3v) is 3.34. The van der Waals surface area contributed by atoms with Gasteiger partial charge in [-0.05, 0) is 32.8 Å². The van der Waals surface area contributed by atoms with E-state index in [4.69, 9.17) is 0 Å². The van der Waals surface area contributed by atoms with Crippen LogP contribution in [0.5, 0.6) is 0 Å². The predicted octanol–water partition coefficient (Wildman–Crippen LogP) is 1.25. The van der Waals surface area contributed by atoms with E-state index < -0.39 is 0 Å². The van der Waals surface area contributed by atoms with Crippen LogP contribution in [-0.2, 0) is 11.3 Å². The Balaban J connectivity index is 1.77. The van der Waals surface area contributed by atoms with Crippen LogP contribution in [0.4, 0.5) is 0 Å². The number of aromatic nitrogens is 5. The molecule has 1 atom stereocenters. The number of amides is 1. The number of carbonyl (C=O) groups is 1. The van der Waals surface area contributed by atoms with Gasteiger partial charge < -0.3 is 5.32 Å². The van der Waals surface area contributed by atoms with Gasteiger partial charge in [-0.2, -0.15) is 10.2 Å². The summed E-state index contributed by atoms with van der Waals surface area (Å²) in [6.07, 6.45) is 5.04. The van der Waals surface area contributed by atoms with Gasteiger partial charge in [0.15, 0.2) is 0 Å². The van der Waals surface area contributed by atoms with Gasteiger partial charge in [-0.3, -0.25) is 14.2 Å². The Morgan fingerprint density at radius 2 is 2.24 bits per heavy atom. The Hall–Kier alpha value is -2.18. The molecule has 1 unspecified atom stereocenters. The lowest BCUT2D eigenvalue weighted by molar-refractivity contribution is -0.124. The third kappa shape index (κ3) is 3.90. The smallest absolute Gasteiger partial charge is 0.244 e. The summed E-state index contributed by atoms with van der Waals surface area (Å²) >= 11 is 0. The van der Waals surface area contributed by atoms with Crippen LogP contribution >= 0.6 is 0 Å². The lowest BCUT2D eigenvalue weighted by atomic mass is 10.2. The highest BCUT2D eigenvalue weighted by molar-refractivity contribution is 5.80. The quantitative estimate of drug-likeness (QED) is 0.778. The van der Waals surface area contributed by atoms with Crippen molar-refractivity contribution >= 4 is 5.91 Å². The van der Waals surface area contributed by atoms with E-state index in [0.29, 0.717) is 6.54 Å². The minimum atomic E-state index is -0.240. The SMILES string of the molecule is CCC(C(=O)NCCCn1nc(C)nc1C)n1cccn1. The van der Waals surface area contributed by atoms with Crippen molar-refractivity contribution in [3.05, 3.63) is 30.1 Å². The van der Waals surface area contributed by atoms with Crippen LogP contribution < -0.4 is 5.32 Å². The molecule has 0 radical (unpaired) electrons. The van der Waals surface area contributed by atoms with Crippen LogP contribution in [0, 0.1) is 13.8 Å². The number of nitrogens with zero attached hydrogens (tertiary/aromatic N) is 5. The van der Waals surface area contributed by atoms with Crippen LogP contribution in [0.2, 0.25) is 0 Å². The highest BCUT2D eigenvalue weighted by atomic mass is 16.2. The van der Waals surface area contributed by atoms with E-state index in [-0.39, 0.29) is 11.9 Å². The van der Waals surface area contributed by atoms with Gasteiger partial charge in [-0.15, -0.1) is 0 Å². The molecule has 0 fully saturated rings. The molecule has 2 heterocycles. The summed E-state index contributed by atoms with van der Waals surface area (Å²) < 4.78 is 3.56. The largest absolute Gasteiger partial charge is 0.354 e. The number of aryl methyl sites for hydroxylation is 3. The molecule has 2 aromatic heterocycles. The van der Waals surface area contributed by atoms with Gasteiger partial charge in [0.25, 0.3) is 0 Å². The first kappa shape index (κ1) is 15.2. The third-order valence-electron chi connectivity index (χ3n) is 3.34. The second-order valence-electron chi connectivity index (χ2n) is 4.98. The molecule has 0 spiro atoms. The minimum Gasteiger partial charge on any atom is -0.354 e. The van der Waals surface area contributed by atoms with E-state index in [1.807, 2.05) is 37.7 Å². The second kappa shape index (κ2) is 7.01. The van der Waals surface area contributed by atoms with Crippen molar-refractivity contribution in [1.82, 2.24) is 29.9 Å². The Morgan fingerprint density at radius 3 is 2.81 bits per heavy atom. The zero-order chi connectivity index (χ0) is 15.2. The Morgan fingerprint density at radius 1 is 1.43 bits per heavy atom. The molecule has 21 heavy (non-hydrogen) atoms. The zero-order valence-corrected chi connectivity index (χ0v) is 12.8. The van der Waals surface area contributed by atoms with Gasteiger partial charge in [0, 0.05) is 25.5 Å². The summed E-state index contributed by atoms with van der Waals surface area (Å²) in [4.78, 5) is 16.4. The molecule has 7 nitrogen and oxygen atoms in total. The molecule has 0 aliphatic rings. The van der Waals surface area contributed by atoms with Gasteiger partial charge in [0.05, 0.1) is 0 Å². The maximum atomic E-state index is 12.1. The average molecular weight is 290 g/mol. The standard InChI is InChI=1S/C14H22N6O/c1-4-13(20-10-6-8-16-20)14(21)15-7-5-9-19-12(3)17-11(2)18-19/h6,8,10,13H,4-5,7,9H2,1-3H3,(H,15,21). The summed E-state index contributed by atoms with van der Waals surface area (Å²) in [5.74, 6) is 1.69. The van der Waals surface area contributed by atoms with Crippen LogP contribution in [0.3, 0.4) is 0 Å². The van der Waals surface area contributed by atoms with E-state index >= 15 is 0 Å². The molecule has 1 amide bonds. The molecular weight excluding hydrogens is 268 g/mol. The molecule has 0 saturated carbocycles. The van der Waals surface area contributed by atoms with Gasteiger partial charge in [-0.25, -0.2) is 4.98 Å². The lowest BCUT2D eigenvalue weighted by Gasteiger charge is -2.15. The fraction of sp³-hybridized carbons (Fsp3) is 0.571. The molecule has 1 N–H and O–H groups in total. The number of nitrogens with one attached hydrogen (secondary N) is 1. The molecule has 7 heteroatoms. The number of hydrogen-bond acceptors (Lipinski definition) is 4. The topological polar surface area (TPSA) is 77.6 Å². The fourth-order valence-corrected chi connectivity index (χ4v) is 2.29. The van der Waals surface area contributed by atoms with Crippen molar-refractivity contribution in [2.24, 2.45) is 0 Å². The highest BCUT2D eigenvalue weighted by Gasteiger charge is 2.17. The Labute approximate surface area is 124 Å². The zero-order valence-electron chi connectivity index (χ0n) is 12.8. The van der Waals surface area contributed by atoms with E-state index in [1.54, 1.807) is 10.9 Å². The molecular formula is C14H22N6O. The van der Waals surface area contributed by atoms with Crippen LogP contribution in [-0.4, -0.2) is 37.0 Å². The summed E-state index contributed by atoms with van der Waals surface area (Å²) in [6.45, 7) is 7.17. The van der Waals surface area contributed by atoms with Crippen molar-refractivity contribution < 1.29 is 4.79 Å². The van der Waals surface area contributed by atoms with Gasteiger partial charge >= 0.3 is 0 Å². The second-order valence-corrected chi connectivity index (χ2v) is 4.98. The summed E-state index contributed by atoms with van der Waals surface area (Å²) in [7, 11) is 0. The lowest BCUT2D eigenvalue weighted by Crippen LogP contribution is -2.33. The maximum absolute atomic E-state index is 12.1. The van der Waals surface area contributed by atoms with Gasteiger partial charge in [-0.1, -0.05) is 6.92 Å². The van der Waals surface area contributed by atoms with E-state index in [0.717, 1.165) is 31.0 Å². The molecule has 2 rings (SSSR count). The summed E-state index contributed by atoms with van der Waals surface area (Å²) in [5, 5.41) is 11.4. The Kier molecular flexibility index (Phi) is 5.08. The number of carbonyl (C=O) groups excluding carboxylic acids is 1. The van der Waals surface area contributed by atoms with Crippen LogP contribution in [0.25, 0.3) is 0 Å². The molecule has 2 aromatic rings. The molecule has 0 aromatic carbocycles. The van der Waals surface area contributed by atoms with Gasteiger partial charge in [0.1, 0.15) is 17.7 Å². The minimum absolute atomic E-state index is 0.00712. The molecule has 0 aliphatic heterocycles. The molecule has 0 aliphatic carbocycles. The first-order valence-corrected chi connectivity index (χ1v) is 7.26. The fourth-order valence-electron chi connectivity index (χ4n) is 2.29.